The highest BCUT2D eigenvalue weighted by atomic mass is 32.1. The molecule has 0 aromatic heterocycles. The molecule has 0 saturated carbocycles. The molecule has 0 radical (unpaired) electrons. The van der Waals surface area contributed by atoms with Gasteiger partial charge in [0.2, 0.25) is 0 Å². The number of rotatable bonds is 1. The predicted octanol–water partition coefficient (Wildman–Crippen LogP) is -0.171. The van der Waals surface area contributed by atoms with Crippen molar-refractivity contribution in [1.82, 2.24) is 0 Å². The summed E-state index contributed by atoms with van der Waals surface area (Å²) in [6, 6.07) is 0. The Bertz CT molecular complexity index is 52.0. The molecule has 0 spiro atoms. The fraction of sp³-hybridized carbons (Fsp3) is 0.750. The summed E-state index contributed by atoms with van der Waals surface area (Å²) >= 11 is 4.09. The van der Waals surface area contributed by atoms with Crippen LogP contribution in [-0.4, -0.2) is 28.4 Å². The van der Waals surface area contributed by atoms with Crippen molar-refractivity contribution in [3.05, 3.63) is 0 Å². The van der Waals surface area contributed by atoms with Gasteiger partial charge in [0.25, 0.3) is 0 Å². The first-order chi connectivity index (χ1) is 3.65. The van der Waals surface area contributed by atoms with E-state index in [1.54, 1.807) is 0 Å². The zero-order valence-electron chi connectivity index (χ0n) is 4.79. The Balaban J connectivity index is 0. The molecule has 0 rings (SSSR count). The molecule has 0 unspecified atom stereocenters. The van der Waals surface area contributed by atoms with Crippen LogP contribution in [0.25, 0.3) is 0 Å². The summed E-state index contributed by atoms with van der Waals surface area (Å²) in [7, 11) is 0. The Labute approximate surface area is 54.1 Å². The van der Waals surface area contributed by atoms with Crippen LogP contribution in [0.2, 0.25) is 0 Å². The first-order valence-electron chi connectivity index (χ1n) is 2.15. The highest BCUT2D eigenvalue weighted by molar-refractivity contribution is 7.79. The number of aliphatic hydroxyl groups is 2. The van der Waals surface area contributed by atoms with Crippen molar-refractivity contribution in [3.63, 3.8) is 0 Å². The molecular weight excluding hydrogens is 126 g/mol. The molecule has 0 amide bonds. The molecule has 0 bridgehead atoms. The van der Waals surface area contributed by atoms with Crippen molar-refractivity contribution in [2.45, 2.75) is 6.92 Å². The van der Waals surface area contributed by atoms with Gasteiger partial charge in [0.1, 0.15) is 0 Å². The van der Waals surface area contributed by atoms with Crippen molar-refractivity contribution >= 4 is 17.3 Å². The minimum Gasteiger partial charge on any atom is -0.502 e. The molecule has 0 heterocycles. The van der Waals surface area contributed by atoms with E-state index in [0.29, 0.717) is 6.54 Å². The average Bonchev–Trinajstić information content (AvgIpc) is 1.65. The molecule has 0 fully saturated rings. The van der Waals surface area contributed by atoms with E-state index in [0.717, 1.165) is 0 Å². The zero-order valence-corrected chi connectivity index (χ0v) is 5.61. The Hall–Kier alpha value is -0.190. The molecule has 0 aliphatic heterocycles. The molecule has 8 heavy (non-hydrogen) atoms. The number of hydrogen-bond acceptors (Lipinski definition) is 3. The second kappa shape index (κ2) is 9.94. The lowest BCUT2D eigenvalue weighted by Crippen LogP contribution is -2.02. The minimum atomic E-state index is 0.000000000000000222. The van der Waals surface area contributed by atoms with Crippen molar-refractivity contribution in [3.8, 4) is 0 Å². The van der Waals surface area contributed by atoms with E-state index in [2.05, 4.69) is 12.2 Å². The fourth-order valence-corrected chi connectivity index (χ4v) is 0. The Kier molecular flexibility index (Phi) is 13.3. The quantitative estimate of drug-likeness (QED) is 0.439. The maximum atomic E-state index is 7.79. The van der Waals surface area contributed by atoms with Crippen LogP contribution in [0.1, 0.15) is 6.92 Å². The lowest BCUT2D eigenvalue weighted by molar-refractivity contribution is 0.306. The van der Waals surface area contributed by atoms with Crippen LogP contribution < -0.4 is 5.73 Å². The van der Waals surface area contributed by atoms with Gasteiger partial charge in [-0.2, -0.15) is 0 Å². The van der Waals surface area contributed by atoms with Crippen molar-refractivity contribution in [2.75, 3.05) is 13.2 Å². The average molecular weight is 137 g/mol. The van der Waals surface area contributed by atoms with Crippen LogP contribution in [0.15, 0.2) is 0 Å². The standard InChI is InChI=1S/C2H7NO.C2H4OS/c3-1-2-4;1-2(3)4/h4H,1-3H2;1H3,(H,3,4). The van der Waals surface area contributed by atoms with Gasteiger partial charge in [-0.3, -0.25) is 0 Å². The fourth-order valence-electron chi connectivity index (χ4n) is 0. The minimum absolute atomic E-state index is 0.000000000000000222. The number of hydrogen-bond donors (Lipinski definition) is 3. The monoisotopic (exact) mass is 137 g/mol. The van der Waals surface area contributed by atoms with E-state index in [1.165, 1.54) is 6.92 Å². The van der Waals surface area contributed by atoms with Gasteiger partial charge in [0, 0.05) is 13.5 Å². The molecule has 0 aliphatic rings. The summed E-state index contributed by atoms with van der Waals surface area (Å²) in [5, 5.41) is 15.5. The molecule has 0 saturated heterocycles. The third-order valence-corrected chi connectivity index (χ3v) is 0.129. The van der Waals surface area contributed by atoms with Crippen molar-refractivity contribution < 1.29 is 10.2 Å². The highest BCUT2D eigenvalue weighted by Crippen LogP contribution is 1.54. The summed E-state index contributed by atoms with van der Waals surface area (Å²) in [4.78, 5) is 0. The first-order valence-corrected chi connectivity index (χ1v) is 2.56. The molecule has 4 heteroatoms. The van der Waals surface area contributed by atoms with Gasteiger partial charge in [0.15, 0.2) is 5.05 Å². The van der Waals surface area contributed by atoms with E-state index in [1.807, 2.05) is 0 Å². The lowest BCUT2D eigenvalue weighted by Gasteiger charge is -1.71. The molecule has 0 aromatic carbocycles. The van der Waals surface area contributed by atoms with Crippen LogP contribution in [0.5, 0.6) is 0 Å². The number of thiocarbonyl (C=S) groups is 1. The smallest absolute Gasteiger partial charge is 0.153 e. The molecule has 0 atom stereocenters. The number of aliphatic hydroxyl groups excluding tert-OH is 2. The van der Waals surface area contributed by atoms with E-state index >= 15 is 0 Å². The topological polar surface area (TPSA) is 66.5 Å². The summed E-state index contributed by atoms with van der Waals surface area (Å²) < 4.78 is 0. The van der Waals surface area contributed by atoms with Gasteiger partial charge in [0.05, 0.1) is 6.61 Å². The third-order valence-electron chi connectivity index (χ3n) is 0.129. The van der Waals surface area contributed by atoms with Crippen molar-refractivity contribution in [2.24, 2.45) is 5.73 Å². The van der Waals surface area contributed by atoms with Crippen LogP contribution >= 0.6 is 12.2 Å². The second-order valence-electron chi connectivity index (χ2n) is 1.03. The molecule has 0 aliphatic carbocycles. The van der Waals surface area contributed by atoms with Gasteiger partial charge in [-0.15, -0.1) is 0 Å². The van der Waals surface area contributed by atoms with E-state index in [4.69, 9.17) is 15.9 Å². The summed E-state index contributed by atoms with van der Waals surface area (Å²) in [5.74, 6) is 0. The van der Waals surface area contributed by atoms with E-state index < -0.39 is 0 Å². The van der Waals surface area contributed by atoms with Crippen LogP contribution in [-0.2, 0) is 0 Å². The highest BCUT2D eigenvalue weighted by Gasteiger charge is 1.58. The normalized spacial score (nSPS) is 6.88. The van der Waals surface area contributed by atoms with Crippen LogP contribution in [0.4, 0.5) is 0 Å². The van der Waals surface area contributed by atoms with Gasteiger partial charge >= 0.3 is 0 Å². The molecule has 3 nitrogen and oxygen atoms in total. The van der Waals surface area contributed by atoms with Gasteiger partial charge < -0.3 is 15.9 Å². The van der Waals surface area contributed by atoms with Gasteiger partial charge in [-0.05, 0) is 12.2 Å². The maximum absolute atomic E-state index is 7.79. The van der Waals surface area contributed by atoms with Gasteiger partial charge in [-0.1, -0.05) is 0 Å². The van der Waals surface area contributed by atoms with Crippen LogP contribution in [0.3, 0.4) is 0 Å². The van der Waals surface area contributed by atoms with Crippen LogP contribution in [0, 0.1) is 0 Å². The van der Waals surface area contributed by atoms with E-state index in [-0.39, 0.29) is 11.7 Å². The Morgan fingerprint density at radius 3 is 1.88 bits per heavy atom. The molecular formula is C4H11NO2S. The van der Waals surface area contributed by atoms with E-state index in [9.17, 15) is 0 Å². The molecule has 50 valence electrons. The maximum Gasteiger partial charge on any atom is 0.153 e. The van der Waals surface area contributed by atoms with Crippen molar-refractivity contribution in [1.29, 1.82) is 0 Å². The summed E-state index contributed by atoms with van der Waals surface area (Å²) in [5.41, 5.74) is 4.78. The largest absolute Gasteiger partial charge is 0.502 e. The molecule has 4 N–H and O–H groups in total. The van der Waals surface area contributed by atoms with Gasteiger partial charge in [-0.25, -0.2) is 0 Å². The third kappa shape index (κ3) is 205. The lowest BCUT2D eigenvalue weighted by atomic mass is 10.8. The molecule has 0 aromatic rings. The zero-order chi connectivity index (χ0) is 6.99. The first kappa shape index (κ1) is 10.7. The summed E-state index contributed by atoms with van der Waals surface area (Å²) in [6.45, 7) is 1.93. The second-order valence-corrected chi connectivity index (χ2v) is 1.62. The SMILES string of the molecule is CC(O)=S.NCCO. The predicted molar refractivity (Wildman–Crippen MR) is 37.0 cm³/mol. The number of nitrogens with two attached hydrogens (primary N) is 1. The Morgan fingerprint density at radius 1 is 1.75 bits per heavy atom. The Morgan fingerprint density at radius 2 is 1.88 bits per heavy atom. The summed E-state index contributed by atoms with van der Waals surface area (Å²) in [6.07, 6.45) is 0.